The van der Waals surface area contributed by atoms with Crippen molar-refractivity contribution in [2.24, 2.45) is 0 Å². The minimum absolute atomic E-state index is 0.344. The SMILES string of the molecule is N#Cc1cccc([C@H](N2CCNCC2)C(F)(F)CO)c1. The van der Waals surface area contributed by atoms with E-state index in [-0.39, 0.29) is 0 Å². The number of aliphatic hydroxyl groups excluding tert-OH is 1. The Morgan fingerprint density at radius 2 is 2.10 bits per heavy atom. The summed E-state index contributed by atoms with van der Waals surface area (Å²) < 4.78 is 28.3. The first kappa shape index (κ1) is 14.9. The minimum atomic E-state index is -3.24. The van der Waals surface area contributed by atoms with Crippen LogP contribution in [0.1, 0.15) is 17.2 Å². The molecule has 20 heavy (non-hydrogen) atoms. The Hall–Kier alpha value is -1.55. The van der Waals surface area contributed by atoms with Crippen LogP contribution in [-0.4, -0.2) is 48.7 Å². The Morgan fingerprint density at radius 3 is 2.70 bits per heavy atom. The molecule has 1 aliphatic rings. The molecule has 1 aromatic rings. The summed E-state index contributed by atoms with van der Waals surface area (Å²) in [6.07, 6.45) is 0. The lowest BCUT2D eigenvalue weighted by molar-refractivity contribution is -0.118. The second-order valence-electron chi connectivity index (χ2n) is 4.84. The van der Waals surface area contributed by atoms with Gasteiger partial charge >= 0.3 is 0 Å². The highest BCUT2D eigenvalue weighted by Crippen LogP contribution is 2.36. The average Bonchev–Trinajstić information content (AvgIpc) is 2.48. The van der Waals surface area contributed by atoms with E-state index >= 15 is 0 Å². The maximum absolute atomic E-state index is 14.1. The summed E-state index contributed by atoms with van der Waals surface area (Å²) in [5.41, 5.74) is 0.710. The fourth-order valence-corrected chi connectivity index (χ4v) is 2.53. The van der Waals surface area contributed by atoms with E-state index in [2.05, 4.69) is 5.32 Å². The van der Waals surface area contributed by atoms with Crippen molar-refractivity contribution in [3.63, 3.8) is 0 Å². The molecule has 0 unspecified atom stereocenters. The predicted octanol–water partition coefficient (Wildman–Crippen LogP) is 1.13. The van der Waals surface area contributed by atoms with Crippen LogP contribution >= 0.6 is 0 Å². The third-order valence-electron chi connectivity index (χ3n) is 3.46. The number of piperazine rings is 1. The molecule has 1 atom stereocenters. The summed E-state index contributed by atoms with van der Waals surface area (Å²) in [7, 11) is 0. The molecule has 0 amide bonds. The summed E-state index contributed by atoms with van der Waals surface area (Å²) in [4.78, 5) is 1.66. The van der Waals surface area contributed by atoms with Crippen molar-refractivity contribution in [1.29, 1.82) is 5.26 Å². The number of nitrogens with zero attached hydrogens (tertiary/aromatic N) is 2. The average molecular weight is 281 g/mol. The van der Waals surface area contributed by atoms with Crippen LogP contribution in [-0.2, 0) is 0 Å². The van der Waals surface area contributed by atoms with Gasteiger partial charge in [-0.25, -0.2) is 8.78 Å². The third-order valence-corrected chi connectivity index (χ3v) is 3.46. The lowest BCUT2D eigenvalue weighted by Crippen LogP contribution is -2.51. The van der Waals surface area contributed by atoms with Crippen LogP contribution in [0.2, 0.25) is 0 Å². The molecular weight excluding hydrogens is 264 g/mol. The molecule has 0 spiro atoms. The number of nitriles is 1. The smallest absolute Gasteiger partial charge is 0.289 e. The highest BCUT2D eigenvalue weighted by atomic mass is 19.3. The van der Waals surface area contributed by atoms with Crippen molar-refractivity contribution >= 4 is 0 Å². The van der Waals surface area contributed by atoms with Gasteiger partial charge in [-0.2, -0.15) is 5.26 Å². The highest BCUT2D eigenvalue weighted by molar-refractivity contribution is 5.35. The number of rotatable bonds is 4. The normalized spacial score (nSPS) is 18.5. The van der Waals surface area contributed by atoms with Gasteiger partial charge in [0.2, 0.25) is 0 Å². The Morgan fingerprint density at radius 1 is 1.40 bits per heavy atom. The number of benzene rings is 1. The molecule has 1 aliphatic heterocycles. The van der Waals surface area contributed by atoms with Crippen molar-refractivity contribution in [2.45, 2.75) is 12.0 Å². The van der Waals surface area contributed by atoms with Crippen LogP contribution in [0.3, 0.4) is 0 Å². The Bertz CT molecular complexity index is 495. The number of hydrogen-bond acceptors (Lipinski definition) is 4. The Kier molecular flexibility index (Phi) is 4.65. The molecule has 1 heterocycles. The van der Waals surface area contributed by atoms with Crippen LogP contribution < -0.4 is 5.32 Å². The van der Waals surface area contributed by atoms with Gasteiger partial charge in [0, 0.05) is 26.2 Å². The second kappa shape index (κ2) is 6.27. The number of nitrogens with one attached hydrogen (secondary N) is 1. The highest BCUT2D eigenvalue weighted by Gasteiger charge is 2.44. The van der Waals surface area contributed by atoms with Crippen LogP contribution in [0.4, 0.5) is 8.78 Å². The van der Waals surface area contributed by atoms with Crippen molar-refractivity contribution < 1.29 is 13.9 Å². The van der Waals surface area contributed by atoms with Crippen molar-refractivity contribution in [1.82, 2.24) is 10.2 Å². The molecule has 108 valence electrons. The molecule has 2 N–H and O–H groups in total. The monoisotopic (exact) mass is 281 g/mol. The van der Waals surface area contributed by atoms with E-state index in [9.17, 15) is 8.78 Å². The molecule has 1 fully saturated rings. The van der Waals surface area contributed by atoms with Crippen LogP contribution in [0.5, 0.6) is 0 Å². The van der Waals surface area contributed by atoms with Gasteiger partial charge < -0.3 is 10.4 Å². The third kappa shape index (κ3) is 3.12. The van der Waals surface area contributed by atoms with E-state index in [0.29, 0.717) is 37.3 Å². The van der Waals surface area contributed by atoms with Gasteiger partial charge in [-0.3, -0.25) is 4.90 Å². The summed E-state index contributed by atoms with van der Waals surface area (Å²) >= 11 is 0. The standard InChI is InChI=1S/C14H17F2N3O/c15-14(16,10-20)13(19-6-4-18-5-7-19)12-3-1-2-11(8-12)9-17/h1-3,8,13,18,20H,4-7,10H2/t13-/m0/s1. The maximum Gasteiger partial charge on any atom is 0.289 e. The van der Waals surface area contributed by atoms with E-state index < -0.39 is 18.6 Å². The molecule has 0 bridgehead atoms. The number of halogens is 2. The van der Waals surface area contributed by atoms with E-state index in [1.807, 2.05) is 6.07 Å². The fraction of sp³-hybridized carbons (Fsp3) is 0.500. The molecule has 6 heteroatoms. The Labute approximate surface area is 116 Å². The zero-order chi connectivity index (χ0) is 14.6. The summed E-state index contributed by atoms with van der Waals surface area (Å²) in [6, 6.07) is 6.97. The lowest BCUT2D eigenvalue weighted by atomic mass is 9.97. The molecule has 4 nitrogen and oxygen atoms in total. The quantitative estimate of drug-likeness (QED) is 0.868. The van der Waals surface area contributed by atoms with E-state index in [1.165, 1.54) is 6.07 Å². The summed E-state index contributed by atoms with van der Waals surface area (Å²) in [6.45, 7) is 1.03. The van der Waals surface area contributed by atoms with Crippen molar-refractivity contribution in [3.05, 3.63) is 35.4 Å². The number of aliphatic hydroxyl groups is 1. The molecular formula is C14H17F2N3O. The molecule has 0 aliphatic carbocycles. The van der Waals surface area contributed by atoms with Crippen molar-refractivity contribution in [3.8, 4) is 6.07 Å². The minimum Gasteiger partial charge on any atom is -0.390 e. The summed E-state index contributed by atoms with van der Waals surface area (Å²) in [5, 5.41) is 21.0. The largest absolute Gasteiger partial charge is 0.390 e. The molecule has 2 rings (SSSR count). The van der Waals surface area contributed by atoms with Gasteiger partial charge in [0.15, 0.2) is 0 Å². The first-order chi connectivity index (χ1) is 9.58. The van der Waals surface area contributed by atoms with Gasteiger partial charge in [-0.15, -0.1) is 0 Å². The first-order valence-electron chi connectivity index (χ1n) is 6.52. The molecule has 1 aromatic carbocycles. The van der Waals surface area contributed by atoms with Crippen LogP contribution in [0.15, 0.2) is 24.3 Å². The number of hydrogen-bond donors (Lipinski definition) is 2. The number of alkyl halides is 2. The van der Waals surface area contributed by atoms with Crippen LogP contribution in [0.25, 0.3) is 0 Å². The predicted molar refractivity (Wildman–Crippen MR) is 70.4 cm³/mol. The fourth-order valence-electron chi connectivity index (χ4n) is 2.53. The second-order valence-corrected chi connectivity index (χ2v) is 4.84. The van der Waals surface area contributed by atoms with E-state index in [4.69, 9.17) is 10.4 Å². The van der Waals surface area contributed by atoms with Gasteiger partial charge in [0.1, 0.15) is 12.6 Å². The van der Waals surface area contributed by atoms with Gasteiger partial charge in [-0.05, 0) is 17.7 Å². The van der Waals surface area contributed by atoms with E-state index in [1.54, 1.807) is 23.1 Å². The summed E-state index contributed by atoms with van der Waals surface area (Å²) in [5.74, 6) is -3.24. The van der Waals surface area contributed by atoms with E-state index in [0.717, 1.165) is 0 Å². The zero-order valence-electron chi connectivity index (χ0n) is 11.0. The van der Waals surface area contributed by atoms with Gasteiger partial charge in [-0.1, -0.05) is 12.1 Å². The first-order valence-corrected chi connectivity index (χ1v) is 6.52. The Balaban J connectivity index is 2.37. The molecule has 0 saturated carbocycles. The van der Waals surface area contributed by atoms with Gasteiger partial charge in [0.25, 0.3) is 5.92 Å². The van der Waals surface area contributed by atoms with Crippen LogP contribution in [0, 0.1) is 11.3 Å². The zero-order valence-corrected chi connectivity index (χ0v) is 11.0. The molecule has 0 aromatic heterocycles. The topological polar surface area (TPSA) is 59.3 Å². The lowest BCUT2D eigenvalue weighted by Gasteiger charge is -2.38. The maximum atomic E-state index is 14.1. The van der Waals surface area contributed by atoms with Gasteiger partial charge in [0.05, 0.1) is 11.6 Å². The van der Waals surface area contributed by atoms with Crippen molar-refractivity contribution in [2.75, 3.05) is 32.8 Å². The molecule has 0 radical (unpaired) electrons. The molecule has 1 saturated heterocycles.